The Morgan fingerprint density at radius 2 is 1.90 bits per heavy atom. The highest BCUT2D eigenvalue weighted by atomic mass is 35.5. The highest BCUT2D eigenvalue weighted by Crippen LogP contribution is 2.27. The van der Waals surface area contributed by atoms with Crippen molar-refractivity contribution in [2.75, 3.05) is 19.7 Å². The van der Waals surface area contributed by atoms with Crippen LogP contribution in [0.25, 0.3) is 0 Å². The smallest absolute Gasteiger partial charge is 0.246 e. The average Bonchev–Trinajstić information content (AvgIpc) is 2.77. The second kappa shape index (κ2) is 10.3. The molecule has 1 aliphatic rings. The molecule has 1 aromatic carbocycles. The minimum absolute atomic E-state index is 0.000438. The summed E-state index contributed by atoms with van der Waals surface area (Å²) in [4.78, 5) is 16.5. The number of pyridine rings is 1. The summed E-state index contributed by atoms with van der Waals surface area (Å²) in [5.41, 5.74) is 2.07. The zero-order valence-corrected chi connectivity index (χ0v) is 18.5. The first-order valence-electron chi connectivity index (χ1n) is 9.96. The normalized spacial score (nSPS) is 15.8. The van der Waals surface area contributed by atoms with Crippen LogP contribution in [0.1, 0.15) is 30.9 Å². The summed E-state index contributed by atoms with van der Waals surface area (Å²) < 4.78 is 32.5. The lowest BCUT2D eigenvalue weighted by molar-refractivity contribution is -0.126. The highest BCUT2D eigenvalue weighted by Gasteiger charge is 2.33. The number of halogens is 1. The van der Waals surface area contributed by atoms with E-state index < -0.39 is 10.0 Å². The quantitative estimate of drug-likeness (QED) is 0.623. The SMILES string of the molecule is CCOCc1ccccc1CNC(=O)C1CCN(S(=O)(=O)c2cccnc2Cl)CC1. The minimum atomic E-state index is -3.72. The van der Waals surface area contributed by atoms with E-state index in [4.69, 9.17) is 16.3 Å². The maximum absolute atomic E-state index is 12.8. The molecular weight excluding hydrogens is 426 g/mol. The van der Waals surface area contributed by atoms with Crippen LogP contribution >= 0.6 is 11.6 Å². The van der Waals surface area contributed by atoms with Crippen LogP contribution in [0.15, 0.2) is 47.5 Å². The van der Waals surface area contributed by atoms with Crippen LogP contribution in [0.4, 0.5) is 0 Å². The lowest BCUT2D eigenvalue weighted by atomic mass is 9.97. The summed E-state index contributed by atoms with van der Waals surface area (Å²) in [6, 6.07) is 10.8. The molecule has 9 heteroatoms. The van der Waals surface area contributed by atoms with Crippen LogP contribution in [-0.2, 0) is 32.7 Å². The number of nitrogens with one attached hydrogen (secondary N) is 1. The predicted octanol–water partition coefficient (Wildman–Crippen LogP) is 2.99. The van der Waals surface area contributed by atoms with Crippen LogP contribution < -0.4 is 5.32 Å². The summed E-state index contributed by atoms with van der Waals surface area (Å²) in [5, 5.41) is 2.95. The van der Waals surface area contributed by atoms with Crippen molar-refractivity contribution in [1.29, 1.82) is 0 Å². The molecule has 0 aliphatic carbocycles. The molecule has 0 atom stereocenters. The molecule has 0 radical (unpaired) electrons. The largest absolute Gasteiger partial charge is 0.377 e. The fourth-order valence-corrected chi connectivity index (χ4v) is 5.37. The molecule has 162 valence electrons. The first kappa shape index (κ1) is 22.7. The number of nitrogens with zero attached hydrogens (tertiary/aromatic N) is 2. The number of hydrogen-bond acceptors (Lipinski definition) is 5. The molecule has 0 spiro atoms. The van der Waals surface area contributed by atoms with Gasteiger partial charge in [-0.1, -0.05) is 35.9 Å². The lowest BCUT2D eigenvalue weighted by Crippen LogP contribution is -2.43. The molecule has 0 saturated carbocycles. The number of piperidine rings is 1. The Balaban J connectivity index is 1.56. The van der Waals surface area contributed by atoms with Crippen molar-refractivity contribution in [1.82, 2.24) is 14.6 Å². The van der Waals surface area contributed by atoms with Gasteiger partial charge in [0.15, 0.2) is 0 Å². The zero-order chi connectivity index (χ0) is 21.6. The van der Waals surface area contributed by atoms with Gasteiger partial charge >= 0.3 is 0 Å². The molecule has 1 N–H and O–H groups in total. The number of ether oxygens (including phenoxy) is 1. The Morgan fingerprint density at radius 1 is 1.20 bits per heavy atom. The first-order chi connectivity index (χ1) is 14.4. The molecule has 2 heterocycles. The number of sulfonamides is 1. The van der Waals surface area contributed by atoms with Crippen molar-refractivity contribution < 1.29 is 17.9 Å². The van der Waals surface area contributed by atoms with Gasteiger partial charge in [0.25, 0.3) is 0 Å². The van der Waals surface area contributed by atoms with Crippen LogP contribution in [0.2, 0.25) is 5.15 Å². The maximum atomic E-state index is 12.8. The fraction of sp³-hybridized carbons (Fsp3) is 0.429. The first-order valence-corrected chi connectivity index (χ1v) is 11.8. The van der Waals surface area contributed by atoms with Crippen molar-refractivity contribution in [2.24, 2.45) is 5.92 Å². The summed E-state index contributed by atoms with van der Waals surface area (Å²) >= 11 is 5.96. The minimum Gasteiger partial charge on any atom is -0.377 e. The number of benzene rings is 1. The van der Waals surface area contributed by atoms with E-state index in [0.29, 0.717) is 32.6 Å². The molecule has 0 unspecified atom stereocenters. The summed E-state index contributed by atoms with van der Waals surface area (Å²) in [5.74, 6) is -0.280. The summed E-state index contributed by atoms with van der Waals surface area (Å²) in [7, 11) is -3.72. The van der Waals surface area contributed by atoms with Crippen LogP contribution in [-0.4, -0.2) is 43.3 Å². The standard InChI is InChI=1S/C21H26ClN3O4S/c1-2-29-15-18-7-4-3-6-17(18)14-24-21(26)16-9-12-25(13-10-16)30(27,28)19-8-5-11-23-20(19)22/h3-8,11,16H,2,9-10,12-15H2,1H3,(H,24,26). The van der Waals surface area contributed by atoms with Crippen molar-refractivity contribution in [3.63, 3.8) is 0 Å². The van der Waals surface area contributed by atoms with E-state index >= 15 is 0 Å². The number of carbonyl (C=O) groups is 1. The number of hydrogen-bond donors (Lipinski definition) is 1. The van der Waals surface area contributed by atoms with Crippen molar-refractivity contribution in [2.45, 2.75) is 37.8 Å². The van der Waals surface area contributed by atoms with Gasteiger partial charge in [-0.15, -0.1) is 0 Å². The van der Waals surface area contributed by atoms with Crippen molar-refractivity contribution >= 4 is 27.5 Å². The van der Waals surface area contributed by atoms with Crippen molar-refractivity contribution in [3.05, 3.63) is 58.9 Å². The molecule has 1 aromatic heterocycles. The third kappa shape index (κ3) is 5.37. The summed E-state index contributed by atoms with van der Waals surface area (Å²) in [6.45, 7) is 4.05. The molecule has 1 amide bonds. The number of rotatable bonds is 8. The van der Waals surface area contributed by atoms with E-state index in [1.807, 2.05) is 31.2 Å². The third-order valence-corrected chi connectivity index (χ3v) is 7.54. The summed E-state index contributed by atoms with van der Waals surface area (Å²) in [6.07, 6.45) is 2.37. The lowest BCUT2D eigenvalue weighted by Gasteiger charge is -2.30. The maximum Gasteiger partial charge on any atom is 0.246 e. The Kier molecular flexibility index (Phi) is 7.82. The van der Waals surface area contributed by atoms with Gasteiger partial charge in [0, 0.05) is 38.4 Å². The van der Waals surface area contributed by atoms with Crippen LogP contribution in [0, 0.1) is 5.92 Å². The van der Waals surface area contributed by atoms with E-state index in [0.717, 1.165) is 11.1 Å². The van der Waals surface area contributed by atoms with Crippen LogP contribution in [0.5, 0.6) is 0 Å². The fourth-order valence-electron chi connectivity index (χ4n) is 3.47. The molecule has 1 fully saturated rings. The molecule has 1 saturated heterocycles. The van der Waals surface area contributed by atoms with Gasteiger partial charge in [0.1, 0.15) is 10.0 Å². The van der Waals surface area contributed by atoms with Gasteiger partial charge in [-0.25, -0.2) is 13.4 Å². The Hall–Kier alpha value is -2.00. The third-order valence-electron chi connectivity index (χ3n) is 5.20. The van der Waals surface area contributed by atoms with Gasteiger partial charge in [-0.05, 0) is 43.0 Å². The molecular formula is C21H26ClN3O4S. The van der Waals surface area contributed by atoms with Gasteiger partial charge in [-0.3, -0.25) is 4.79 Å². The van der Waals surface area contributed by atoms with E-state index in [9.17, 15) is 13.2 Å². The Morgan fingerprint density at radius 3 is 2.57 bits per heavy atom. The molecule has 0 bridgehead atoms. The van der Waals surface area contributed by atoms with Gasteiger partial charge < -0.3 is 10.1 Å². The van der Waals surface area contributed by atoms with E-state index in [2.05, 4.69) is 10.3 Å². The zero-order valence-electron chi connectivity index (χ0n) is 16.9. The topological polar surface area (TPSA) is 88.6 Å². The van der Waals surface area contributed by atoms with Gasteiger partial charge in [0.2, 0.25) is 15.9 Å². The molecule has 2 aromatic rings. The molecule has 30 heavy (non-hydrogen) atoms. The molecule has 1 aliphatic heterocycles. The molecule has 3 rings (SSSR count). The predicted molar refractivity (Wildman–Crippen MR) is 114 cm³/mol. The van der Waals surface area contributed by atoms with E-state index in [1.54, 1.807) is 6.07 Å². The Bertz CT molecular complexity index is 976. The number of carbonyl (C=O) groups excluding carboxylic acids is 1. The second-order valence-electron chi connectivity index (χ2n) is 7.09. The highest BCUT2D eigenvalue weighted by molar-refractivity contribution is 7.89. The molecule has 7 nitrogen and oxygen atoms in total. The van der Waals surface area contributed by atoms with Crippen LogP contribution in [0.3, 0.4) is 0 Å². The Labute approximate surface area is 182 Å². The number of amides is 1. The van der Waals surface area contributed by atoms with E-state index in [1.165, 1.54) is 16.6 Å². The van der Waals surface area contributed by atoms with Gasteiger partial charge in [0.05, 0.1) is 6.61 Å². The number of aromatic nitrogens is 1. The van der Waals surface area contributed by atoms with Crippen molar-refractivity contribution in [3.8, 4) is 0 Å². The van der Waals surface area contributed by atoms with E-state index in [-0.39, 0.29) is 35.0 Å². The monoisotopic (exact) mass is 451 g/mol. The second-order valence-corrected chi connectivity index (χ2v) is 9.36. The van der Waals surface area contributed by atoms with Gasteiger partial charge in [-0.2, -0.15) is 4.31 Å². The average molecular weight is 452 g/mol.